The summed E-state index contributed by atoms with van der Waals surface area (Å²) in [5.41, 5.74) is 2.28. The molecule has 0 saturated carbocycles. The smallest absolute Gasteiger partial charge is 0.342 e. The monoisotopic (exact) mass is 453 g/mol. The van der Waals surface area contributed by atoms with Gasteiger partial charge in [-0.2, -0.15) is 5.10 Å². The van der Waals surface area contributed by atoms with Crippen molar-refractivity contribution in [1.29, 1.82) is 0 Å². The fourth-order valence-electron chi connectivity index (χ4n) is 3.52. The summed E-state index contributed by atoms with van der Waals surface area (Å²) in [6, 6.07) is 7.00. The topological polar surface area (TPSA) is 98.6 Å². The van der Waals surface area contributed by atoms with Crippen LogP contribution in [0.25, 0.3) is 0 Å². The van der Waals surface area contributed by atoms with Gasteiger partial charge in [-0.05, 0) is 31.9 Å². The molecule has 0 spiro atoms. The standard InChI is InChI=1S/C20H24ClN3O5S/c1-13-19(14(2)24(22-13)10-15-6-4-5-7-17(15)21)20(26)29-11-18(25)23(3)16-8-9-30(27,28)12-16/h4-7,16H,8-12H2,1-3H3/t16-/m0/s1. The molecule has 0 unspecified atom stereocenters. The summed E-state index contributed by atoms with van der Waals surface area (Å²) < 4.78 is 30.1. The maximum absolute atomic E-state index is 12.6. The van der Waals surface area contributed by atoms with Crippen molar-refractivity contribution < 1.29 is 22.7 Å². The maximum Gasteiger partial charge on any atom is 0.342 e. The summed E-state index contributed by atoms with van der Waals surface area (Å²) in [4.78, 5) is 26.3. The van der Waals surface area contributed by atoms with Gasteiger partial charge in [0.15, 0.2) is 16.4 Å². The lowest BCUT2D eigenvalue weighted by Gasteiger charge is -2.23. The molecule has 1 aromatic carbocycles. The zero-order valence-corrected chi connectivity index (χ0v) is 18.7. The molecule has 0 bridgehead atoms. The van der Waals surface area contributed by atoms with Crippen LogP contribution in [0, 0.1) is 13.8 Å². The lowest BCUT2D eigenvalue weighted by molar-refractivity contribution is -0.134. The number of aromatic nitrogens is 2. The molecule has 1 saturated heterocycles. The minimum Gasteiger partial charge on any atom is -0.452 e. The van der Waals surface area contributed by atoms with Crippen LogP contribution in [0.4, 0.5) is 0 Å². The molecule has 10 heteroatoms. The summed E-state index contributed by atoms with van der Waals surface area (Å²) in [7, 11) is -1.58. The number of halogens is 1. The van der Waals surface area contributed by atoms with E-state index in [1.807, 2.05) is 18.2 Å². The van der Waals surface area contributed by atoms with Crippen LogP contribution in [0.15, 0.2) is 24.3 Å². The predicted molar refractivity (Wildman–Crippen MR) is 112 cm³/mol. The second kappa shape index (κ2) is 8.77. The maximum atomic E-state index is 12.6. The van der Waals surface area contributed by atoms with E-state index in [-0.39, 0.29) is 17.5 Å². The van der Waals surface area contributed by atoms with E-state index in [4.69, 9.17) is 16.3 Å². The molecular formula is C20H24ClN3O5S. The van der Waals surface area contributed by atoms with Gasteiger partial charge in [-0.15, -0.1) is 0 Å². The number of carbonyl (C=O) groups is 2. The van der Waals surface area contributed by atoms with Crippen LogP contribution in [0.2, 0.25) is 5.02 Å². The number of esters is 1. The molecule has 1 aromatic heterocycles. The first-order valence-electron chi connectivity index (χ1n) is 9.49. The molecule has 2 aromatic rings. The second-order valence-electron chi connectivity index (χ2n) is 7.43. The molecule has 0 N–H and O–H groups in total. The average molecular weight is 454 g/mol. The molecule has 30 heavy (non-hydrogen) atoms. The van der Waals surface area contributed by atoms with Gasteiger partial charge in [0.2, 0.25) is 0 Å². The number of benzene rings is 1. The van der Waals surface area contributed by atoms with Gasteiger partial charge in [-0.3, -0.25) is 9.48 Å². The SMILES string of the molecule is Cc1nn(Cc2ccccc2Cl)c(C)c1C(=O)OCC(=O)N(C)[C@H]1CCS(=O)(=O)C1. The quantitative estimate of drug-likeness (QED) is 0.620. The highest BCUT2D eigenvalue weighted by atomic mass is 35.5. The molecule has 1 atom stereocenters. The lowest BCUT2D eigenvalue weighted by atomic mass is 10.2. The zero-order valence-electron chi connectivity index (χ0n) is 17.1. The Morgan fingerprint density at radius 3 is 2.63 bits per heavy atom. The highest BCUT2D eigenvalue weighted by molar-refractivity contribution is 7.91. The van der Waals surface area contributed by atoms with Crippen LogP contribution in [0.1, 0.15) is 33.7 Å². The Labute approximate surface area is 180 Å². The van der Waals surface area contributed by atoms with E-state index in [1.165, 1.54) is 11.9 Å². The Kier molecular flexibility index (Phi) is 6.52. The molecule has 1 aliphatic heterocycles. The van der Waals surface area contributed by atoms with Crippen molar-refractivity contribution >= 4 is 33.3 Å². The summed E-state index contributed by atoms with van der Waals surface area (Å²) in [6.45, 7) is 3.40. The fourth-order valence-corrected chi connectivity index (χ4v) is 5.49. The molecule has 8 nitrogen and oxygen atoms in total. The number of carbonyl (C=O) groups excluding carboxylic acids is 2. The zero-order chi connectivity index (χ0) is 22.1. The van der Waals surface area contributed by atoms with E-state index < -0.39 is 28.3 Å². The van der Waals surface area contributed by atoms with Gasteiger partial charge >= 0.3 is 5.97 Å². The number of rotatable bonds is 6. The van der Waals surface area contributed by atoms with Gasteiger partial charge in [0.25, 0.3) is 5.91 Å². The van der Waals surface area contributed by atoms with Crippen molar-refractivity contribution in [2.24, 2.45) is 0 Å². The molecule has 162 valence electrons. The first-order valence-corrected chi connectivity index (χ1v) is 11.7. The van der Waals surface area contributed by atoms with Crippen molar-refractivity contribution in [2.75, 3.05) is 25.2 Å². The third kappa shape index (κ3) is 4.84. The Balaban J connectivity index is 1.65. The summed E-state index contributed by atoms with van der Waals surface area (Å²) in [5, 5.41) is 5.01. The minimum atomic E-state index is -3.11. The minimum absolute atomic E-state index is 0.0593. The van der Waals surface area contributed by atoms with Crippen LogP contribution in [-0.4, -0.2) is 66.2 Å². The van der Waals surface area contributed by atoms with E-state index in [0.717, 1.165) is 5.56 Å². The molecule has 1 amide bonds. The third-order valence-electron chi connectivity index (χ3n) is 5.34. The lowest BCUT2D eigenvalue weighted by Crippen LogP contribution is -2.40. The van der Waals surface area contributed by atoms with E-state index >= 15 is 0 Å². The van der Waals surface area contributed by atoms with Crippen molar-refractivity contribution in [2.45, 2.75) is 32.9 Å². The number of hydrogen-bond donors (Lipinski definition) is 0. The first-order chi connectivity index (χ1) is 14.1. The van der Waals surface area contributed by atoms with E-state index in [0.29, 0.717) is 34.9 Å². The average Bonchev–Trinajstić information content (AvgIpc) is 3.19. The van der Waals surface area contributed by atoms with Crippen molar-refractivity contribution in [3.05, 3.63) is 51.8 Å². The molecule has 3 rings (SSSR count). The van der Waals surface area contributed by atoms with Gasteiger partial charge in [0.05, 0.1) is 29.4 Å². The van der Waals surface area contributed by atoms with Crippen molar-refractivity contribution in [1.82, 2.24) is 14.7 Å². The number of hydrogen-bond acceptors (Lipinski definition) is 6. The van der Waals surface area contributed by atoms with Crippen LogP contribution >= 0.6 is 11.6 Å². The Morgan fingerprint density at radius 1 is 1.30 bits per heavy atom. The molecule has 0 radical (unpaired) electrons. The number of ether oxygens (including phenoxy) is 1. The van der Waals surface area contributed by atoms with Gasteiger partial charge in [0, 0.05) is 18.1 Å². The predicted octanol–water partition coefficient (Wildman–Crippen LogP) is 2.00. The number of amides is 1. The van der Waals surface area contributed by atoms with Gasteiger partial charge in [-0.1, -0.05) is 29.8 Å². The molecule has 0 aliphatic carbocycles. The molecule has 1 fully saturated rings. The fraction of sp³-hybridized carbons (Fsp3) is 0.450. The molecule has 2 heterocycles. The summed E-state index contributed by atoms with van der Waals surface area (Å²) in [5.74, 6) is -1.07. The first kappa shape index (κ1) is 22.3. The van der Waals surface area contributed by atoms with E-state index in [2.05, 4.69) is 5.10 Å². The number of nitrogens with zero attached hydrogens (tertiary/aromatic N) is 3. The van der Waals surface area contributed by atoms with Crippen LogP contribution in [0.3, 0.4) is 0 Å². The van der Waals surface area contributed by atoms with E-state index in [1.54, 1.807) is 24.6 Å². The van der Waals surface area contributed by atoms with Gasteiger partial charge < -0.3 is 9.64 Å². The van der Waals surface area contributed by atoms with Crippen molar-refractivity contribution in [3.8, 4) is 0 Å². The van der Waals surface area contributed by atoms with Gasteiger partial charge in [-0.25, -0.2) is 13.2 Å². The highest BCUT2D eigenvalue weighted by Gasteiger charge is 2.33. The Morgan fingerprint density at radius 2 is 2.00 bits per heavy atom. The largest absolute Gasteiger partial charge is 0.452 e. The number of sulfone groups is 1. The second-order valence-corrected chi connectivity index (χ2v) is 10.1. The van der Waals surface area contributed by atoms with Crippen molar-refractivity contribution in [3.63, 3.8) is 0 Å². The third-order valence-corrected chi connectivity index (χ3v) is 7.46. The molecule has 1 aliphatic rings. The van der Waals surface area contributed by atoms with Crippen LogP contribution in [-0.2, 0) is 25.9 Å². The van der Waals surface area contributed by atoms with Crippen LogP contribution < -0.4 is 0 Å². The van der Waals surface area contributed by atoms with Gasteiger partial charge in [0.1, 0.15) is 5.56 Å². The van der Waals surface area contributed by atoms with E-state index in [9.17, 15) is 18.0 Å². The highest BCUT2D eigenvalue weighted by Crippen LogP contribution is 2.20. The number of likely N-dealkylation sites (N-methyl/N-ethyl adjacent to an activating group) is 1. The molecular weight excluding hydrogens is 430 g/mol. The summed E-state index contributed by atoms with van der Waals surface area (Å²) >= 11 is 6.21. The Bertz CT molecular complexity index is 1080. The number of aryl methyl sites for hydroxylation is 1. The normalized spacial score (nSPS) is 17.7. The Hall–Kier alpha value is -2.39. The van der Waals surface area contributed by atoms with Crippen LogP contribution in [0.5, 0.6) is 0 Å². The summed E-state index contributed by atoms with van der Waals surface area (Å²) in [6.07, 6.45) is 0.394.